The first-order valence-corrected chi connectivity index (χ1v) is 5.27. The number of Topliss-reactive ketones (excluding diaryl/α,β-unsaturated/α-hetero) is 1. The number of ketones is 1. The van der Waals surface area contributed by atoms with E-state index < -0.39 is 0 Å². The van der Waals surface area contributed by atoms with Crippen LogP contribution in [-0.4, -0.2) is 20.7 Å². The van der Waals surface area contributed by atoms with Crippen LogP contribution in [0.2, 0.25) is 0 Å². The van der Waals surface area contributed by atoms with Gasteiger partial charge in [0, 0.05) is 7.05 Å². The summed E-state index contributed by atoms with van der Waals surface area (Å²) >= 11 is 6.43. The topological polar surface area (TPSA) is 34.9 Å². The molecular formula is C8H13Br3N2O. The number of alkyl halides is 1. The van der Waals surface area contributed by atoms with E-state index in [0.29, 0.717) is 11.2 Å². The number of halogens is 3. The predicted molar refractivity (Wildman–Crippen MR) is 70.8 cm³/mol. The number of rotatable bonds is 2. The minimum absolute atomic E-state index is 0. The number of carbonyl (C=O) groups is 1. The summed E-state index contributed by atoms with van der Waals surface area (Å²) in [6, 6.07) is 0. The van der Waals surface area contributed by atoms with Crippen LogP contribution in [0.3, 0.4) is 0 Å². The maximum Gasteiger partial charge on any atom is 0.208 e. The highest BCUT2D eigenvalue weighted by atomic mass is 79.9. The van der Waals surface area contributed by atoms with Crippen LogP contribution < -0.4 is 0 Å². The second-order valence-corrected chi connectivity index (χ2v) is 3.74. The van der Waals surface area contributed by atoms with Crippen LogP contribution in [0.25, 0.3) is 0 Å². The Kier molecular flexibility index (Phi) is 8.06. The van der Waals surface area contributed by atoms with Gasteiger partial charge in [0.1, 0.15) is 4.60 Å². The van der Waals surface area contributed by atoms with E-state index >= 15 is 0 Å². The molecule has 1 rings (SSSR count). The fourth-order valence-electron chi connectivity index (χ4n) is 0.925. The Morgan fingerprint density at radius 1 is 1.57 bits per heavy atom. The molecule has 0 saturated carbocycles. The number of aryl methyl sites for hydroxylation is 1. The number of carbonyl (C=O) groups excluding carboxylic acids is 1. The summed E-state index contributed by atoms with van der Waals surface area (Å²) in [7, 11) is 1.81. The molecule has 1 aromatic rings. The van der Waals surface area contributed by atoms with Gasteiger partial charge in [-0.05, 0) is 22.9 Å². The van der Waals surface area contributed by atoms with E-state index in [-0.39, 0.29) is 30.2 Å². The van der Waals surface area contributed by atoms with Gasteiger partial charge in [-0.2, -0.15) is 0 Å². The Bertz CT molecular complexity index is 323. The molecule has 1 aromatic heterocycles. The molecule has 0 spiro atoms. The number of nitrogens with zero attached hydrogens (tertiary/aromatic N) is 2. The molecule has 0 amide bonds. The first-order chi connectivity index (χ1) is 5.57. The minimum atomic E-state index is -0.00806. The highest BCUT2D eigenvalue weighted by molar-refractivity contribution is 9.10. The summed E-state index contributed by atoms with van der Waals surface area (Å²) < 4.78 is 2.59. The smallest absolute Gasteiger partial charge is 0.208 e. The van der Waals surface area contributed by atoms with Gasteiger partial charge in [0.05, 0.1) is 11.0 Å². The van der Waals surface area contributed by atoms with Crippen LogP contribution in [0, 0.1) is 6.92 Å². The van der Waals surface area contributed by atoms with Crippen molar-refractivity contribution in [1.82, 2.24) is 9.55 Å². The molecule has 82 valence electrons. The van der Waals surface area contributed by atoms with Gasteiger partial charge in [-0.3, -0.25) is 4.79 Å². The van der Waals surface area contributed by atoms with Gasteiger partial charge in [0.2, 0.25) is 5.78 Å². The van der Waals surface area contributed by atoms with Crippen molar-refractivity contribution in [3.63, 3.8) is 0 Å². The van der Waals surface area contributed by atoms with Crippen LogP contribution in [0.1, 0.15) is 23.7 Å². The zero-order chi connectivity index (χ0) is 9.30. The quantitative estimate of drug-likeness (QED) is 0.572. The Morgan fingerprint density at radius 3 is 2.36 bits per heavy atom. The highest BCUT2D eigenvalue weighted by Crippen LogP contribution is 2.16. The predicted octanol–water partition coefficient (Wildman–Crippen LogP) is 3.28. The molecule has 0 radical (unpaired) electrons. The zero-order valence-corrected chi connectivity index (χ0v) is 12.1. The van der Waals surface area contributed by atoms with E-state index in [9.17, 15) is 4.79 Å². The van der Waals surface area contributed by atoms with E-state index in [1.165, 1.54) is 0 Å². The number of hydrogen-bond acceptors (Lipinski definition) is 2. The van der Waals surface area contributed by atoms with Crippen molar-refractivity contribution >= 4 is 54.6 Å². The van der Waals surface area contributed by atoms with Gasteiger partial charge >= 0.3 is 0 Å². The molecule has 0 saturated heterocycles. The minimum Gasteiger partial charge on any atom is -0.319 e. The van der Waals surface area contributed by atoms with E-state index in [0.717, 1.165) is 10.3 Å². The summed E-state index contributed by atoms with van der Waals surface area (Å²) in [5.41, 5.74) is 0.835. The lowest BCUT2D eigenvalue weighted by Crippen LogP contribution is -2.08. The number of hydrogen-bond donors (Lipinski definition) is 0. The lowest BCUT2D eigenvalue weighted by atomic mass is 10.4. The second kappa shape index (κ2) is 6.74. The van der Waals surface area contributed by atoms with E-state index in [1.807, 2.05) is 6.92 Å². The van der Waals surface area contributed by atoms with Gasteiger partial charge in [-0.15, -0.1) is 17.0 Å². The molecule has 0 aliphatic heterocycles. The van der Waals surface area contributed by atoms with Crippen molar-refractivity contribution in [1.29, 1.82) is 0 Å². The van der Waals surface area contributed by atoms with Gasteiger partial charge in [-0.25, -0.2) is 4.98 Å². The molecule has 0 atom stereocenters. The number of aromatic nitrogens is 2. The molecule has 0 unspecified atom stereocenters. The average Bonchev–Trinajstić information content (AvgIpc) is 2.32. The highest BCUT2D eigenvalue weighted by Gasteiger charge is 2.14. The Hall–Kier alpha value is 0.320. The average molecular weight is 393 g/mol. The lowest BCUT2D eigenvalue weighted by Gasteiger charge is -1.97. The first-order valence-electron chi connectivity index (χ1n) is 3.36. The maximum atomic E-state index is 11.2. The molecule has 14 heavy (non-hydrogen) atoms. The van der Waals surface area contributed by atoms with Crippen molar-refractivity contribution in [3.8, 4) is 0 Å². The summed E-state index contributed by atoms with van der Waals surface area (Å²) in [5, 5.41) is 0.309. The van der Waals surface area contributed by atoms with E-state index in [4.69, 9.17) is 0 Å². The van der Waals surface area contributed by atoms with Crippen LogP contribution in [0.5, 0.6) is 0 Å². The van der Waals surface area contributed by atoms with E-state index in [2.05, 4.69) is 36.8 Å². The maximum absolute atomic E-state index is 11.2. The molecule has 0 N–H and O–H groups in total. The van der Waals surface area contributed by atoms with Crippen LogP contribution in [0.4, 0.5) is 0 Å². The van der Waals surface area contributed by atoms with Crippen molar-refractivity contribution in [2.75, 3.05) is 5.33 Å². The summed E-state index contributed by atoms with van der Waals surface area (Å²) in [6.07, 6.45) is 0. The molecule has 0 aliphatic carbocycles. The van der Waals surface area contributed by atoms with Gasteiger partial charge < -0.3 is 4.57 Å². The van der Waals surface area contributed by atoms with E-state index in [1.54, 1.807) is 11.6 Å². The second-order valence-electron chi connectivity index (χ2n) is 2.43. The normalized spacial score (nSPS) is 8.86. The van der Waals surface area contributed by atoms with Crippen LogP contribution in [0.15, 0.2) is 4.60 Å². The molecule has 0 aromatic carbocycles. The summed E-state index contributed by atoms with van der Waals surface area (Å²) in [4.78, 5) is 15.4. The molecule has 0 fully saturated rings. The van der Waals surface area contributed by atoms with Gasteiger partial charge in [0.25, 0.3) is 0 Å². The Labute approximate surface area is 111 Å². The Morgan fingerprint density at radius 2 is 2.07 bits per heavy atom. The monoisotopic (exact) mass is 390 g/mol. The summed E-state index contributed by atoms with van der Waals surface area (Å²) in [6.45, 7) is 1.86. The standard InChI is InChI=1S/C7H8Br2N2O.CH4.BrH/c1-4-6(9)11(2)7(10-4)5(12)3-8;;/h3H2,1-2H3;1H4;1H. The lowest BCUT2D eigenvalue weighted by molar-refractivity contribution is 0.101. The molecule has 0 aliphatic rings. The molecule has 1 heterocycles. The van der Waals surface area contributed by atoms with Crippen LogP contribution >= 0.6 is 48.8 Å². The van der Waals surface area contributed by atoms with Crippen molar-refractivity contribution in [2.24, 2.45) is 7.05 Å². The summed E-state index contributed by atoms with van der Waals surface area (Å²) in [5.74, 6) is 0.475. The largest absolute Gasteiger partial charge is 0.319 e. The SMILES string of the molecule is Br.C.Cc1nc(C(=O)CBr)n(C)c1Br. The van der Waals surface area contributed by atoms with Crippen molar-refractivity contribution < 1.29 is 4.79 Å². The third-order valence-electron chi connectivity index (χ3n) is 1.56. The van der Waals surface area contributed by atoms with Crippen molar-refractivity contribution in [3.05, 3.63) is 16.1 Å². The third kappa shape index (κ3) is 3.17. The number of imidazole rings is 1. The fourth-order valence-corrected chi connectivity index (χ4v) is 1.43. The molecule has 6 heteroatoms. The van der Waals surface area contributed by atoms with Crippen molar-refractivity contribution in [2.45, 2.75) is 14.4 Å². The zero-order valence-electron chi connectivity index (χ0n) is 7.17. The molecule has 0 bridgehead atoms. The van der Waals surface area contributed by atoms with Gasteiger partial charge in [0.15, 0.2) is 5.82 Å². The Balaban J connectivity index is 0. The molecular weight excluding hydrogens is 380 g/mol. The first kappa shape index (κ1) is 16.7. The van der Waals surface area contributed by atoms with Gasteiger partial charge in [-0.1, -0.05) is 23.4 Å². The fraction of sp³-hybridized carbons (Fsp3) is 0.500. The third-order valence-corrected chi connectivity index (χ3v) is 3.17. The molecule has 3 nitrogen and oxygen atoms in total. The van der Waals surface area contributed by atoms with Crippen LogP contribution in [-0.2, 0) is 7.05 Å².